The zero-order valence-electron chi connectivity index (χ0n) is 12.3. The molecule has 0 aromatic heterocycles. The van der Waals surface area contributed by atoms with Gasteiger partial charge in [0.2, 0.25) is 0 Å². The van der Waals surface area contributed by atoms with Gasteiger partial charge in [-0.3, -0.25) is 0 Å². The topological polar surface area (TPSA) is 70.6 Å². The van der Waals surface area contributed by atoms with E-state index < -0.39 is 5.54 Å². The Labute approximate surface area is 129 Å². The first-order valence-corrected chi connectivity index (χ1v) is 7.48. The number of halogens is 1. The molecule has 2 amide bonds. The zero-order chi connectivity index (χ0) is 15.5. The highest BCUT2D eigenvalue weighted by Gasteiger charge is 2.42. The Balaban J connectivity index is 2.05. The molecule has 2 rings (SSSR count). The van der Waals surface area contributed by atoms with Crippen LogP contribution < -0.4 is 15.4 Å². The monoisotopic (exact) mass is 312 g/mol. The maximum atomic E-state index is 12.1. The van der Waals surface area contributed by atoms with Crippen molar-refractivity contribution in [2.24, 2.45) is 5.92 Å². The molecule has 1 saturated carbocycles. The number of amides is 2. The third-order valence-corrected chi connectivity index (χ3v) is 3.93. The van der Waals surface area contributed by atoms with Crippen LogP contribution in [0.25, 0.3) is 0 Å². The van der Waals surface area contributed by atoms with Crippen LogP contribution in [0.5, 0.6) is 5.75 Å². The summed E-state index contributed by atoms with van der Waals surface area (Å²) in [6.45, 7) is 4.12. The van der Waals surface area contributed by atoms with Gasteiger partial charge in [0.05, 0.1) is 24.4 Å². The predicted octanol–water partition coefficient (Wildman–Crippen LogP) is 3.02. The molecule has 21 heavy (non-hydrogen) atoms. The minimum atomic E-state index is -0.581. The molecule has 0 spiro atoms. The molecule has 0 saturated heterocycles. The largest absolute Gasteiger partial charge is 0.492 e. The second-order valence-electron chi connectivity index (χ2n) is 5.50. The number of anilines is 1. The number of aliphatic hydroxyl groups excluding tert-OH is 1. The third-order valence-electron chi connectivity index (χ3n) is 3.70. The quantitative estimate of drug-likeness (QED) is 0.756. The average Bonchev–Trinajstić information content (AvgIpc) is 3.27. The minimum Gasteiger partial charge on any atom is -0.492 e. The molecular weight excluding hydrogens is 292 g/mol. The van der Waals surface area contributed by atoms with E-state index in [0.29, 0.717) is 29.0 Å². The van der Waals surface area contributed by atoms with Crippen LogP contribution in [0.2, 0.25) is 5.02 Å². The molecule has 3 N–H and O–H groups in total. The number of benzene rings is 1. The summed E-state index contributed by atoms with van der Waals surface area (Å²) in [5.74, 6) is 0.863. The fourth-order valence-corrected chi connectivity index (χ4v) is 2.44. The van der Waals surface area contributed by atoms with Crippen molar-refractivity contribution in [3.05, 3.63) is 23.2 Å². The van der Waals surface area contributed by atoms with Crippen LogP contribution in [0, 0.1) is 5.92 Å². The molecule has 0 aliphatic heterocycles. The van der Waals surface area contributed by atoms with Crippen molar-refractivity contribution < 1.29 is 14.6 Å². The van der Waals surface area contributed by atoms with Crippen molar-refractivity contribution in [2.45, 2.75) is 32.2 Å². The summed E-state index contributed by atoms with van der Waals surface area (Å²) < 4.78 is 5.46. The fraction of sp³-hybridized carbons (Fsp3) is 0.533. The van der Waals surface area contributed by atoms with Crippen molar-refractivity contribution in [1.29, 1.82) is 0 Å². The van der Waals surface area contributed by atoms with Crippen LogP contribution >= 0.6 is 11.6 Å². The first kappa shape index (κ1) is 15.9. The highest BCUT2D eigenvalue weighted by Crippen LogP contribution is 2.39. The van der Waals surface area contributed by atoms with Gasteiger partial charge in [-0.25, -0.2) is 4.79 Å². The molecular formula is C15H21ClN2O3. The second-order valence-corrected chi connectivity index (χ2v) is 5.94. The summed E-state index contributed by atoms with van der Waals surface area (Å²) in [6.07, 6.45) is 2.06. The van der Waals surface area contributed by atoms with Gasteiger partial charge in [-0.15, -0.1) is 0 Å². The molecule has 1 unspecified atom stereocenters. The fourth-order valence-electron chi connectivity index (χ4n) is 2.28. The number of hydrogen-bond donors (Lipinski definition) is 3. The van der Waals surface area contributed by atoms with Crippen LogP contribution in [-0.4, -0.2) is 29.9 Å². The maximum absolute atomic E-state index is 12.1. The minimum absolute atomic E-state index is 0.0793. The second kappa shape index (κ2) is 6.54. The number of carbonyl (C=O) groups is 1. The van der Waals surface area contributed by atoms with Gasteiger partial charge in [-0.05, 0) is 44.7 Å². The summed E-state index contributed by atoms with van der Waals surface area (Å²) in [5, 5.41) is 15.6. The predicted molar refractivity (Wildman–Crippen MR) is 83.0 cm³/mol. The average molecular weight is 313 g/mol. The summed E-state index contributed by atoms with van der Waals surface area (Å²) in [5.41, 5.74) is -0.0303. The van der Waals surface area contributed by atoms with E-state index in [2.05, 4.69) is 10.6 Å². The van der Waals surface area contributed by atoms with Crippen molar-refractivity contribution in [1.82, 2.24) is 5.32 Å². The molecule has 1 aliphatic rings. The Morgan fingerprint density at radius 3 is 2.81 bits per heavy atom. The highest BCUT2D eigenvalue weighted by molar-refractivity contribution is 6.30. The first-order chi connectivity index (χ1) is 9.98. The van der Waals surface area contributed by atoms with E-state index in [0.717, 1.165) is 12.8 Å². The summed E-state index contributed by atoms with van der Waals surface area (Å²) in [4.78, 5) is 12.1. The highest BCUT2D eigenvalue weighted by atomic mass is 35.5. The van der Waals surface area contributed by atoms with Gasteiger partial charge in [0, 0.05) is 11.1 Å². The first-order valence-electron chi connectivity index (χ1n) is 7.11. The number of carbonyl (C=O) groups excluding carboxylic acids is 1. The van der Waals surface area contributed by atoms with E-state index >= 15 is 0 Å². The molecule has 1 atom stereocenters. The Bertz CT molecular complexity index is 520. The van der Waals surface area contributed by atoms with E-state index in [-0.39, 0.29) is 12.6 Å². The molecule has 0 heterocycles. The molecule has 1 aromatic carbocycles. The van der Waals surface area contributed by atoms with Gasteiger partial charge in [0.25, 0.3) is 0 Å². The zero-order valence-corrected chi connectivity index (χ0v) is 13.0. The Kier molecular flexibility index (Phi) is 4.96. The molecule has 0 bridgehead atoms. The molecule has 0 radical (unpaired) electrons. The number of aliphatic hydroxyl groups is 1. The van der Waals surface area contributed by atoms with Crippen molar-refractivity contribution >= 4 is 23.3 Å². The van der Waals surface area contributed by atoms with Gasteiger partial charge in [0.1, 0.15) is 5.75 Å². The SMILES string of the molecule is CCOc1cc(Cl)ccc1NC(=O)NC(C)(CO)C1CC1. The van der Waals surface area contributed by atoms with Gasteiger partial charge in [0.15, 0.2) is 0 Å². The van der Waals surface area contributed by atoms with Crippen molar-refractivity contribution in [3.63, 3.8) is 0 Å². The summed E-state index contributed by atoms with van der Waals surface area (Å²) in [6, 6.07) is 4.68. The molecule has 116 valence electrons. The Morgan fingerprint density at radius 1 is 1.52 bits per heavy atom. The summed E-state index contributed by atoms with van der Waals surface area (Å²) in [7, 11) is 0. The third kappa shape index (κ3) is 4.02. The van der Waals surface area contributed by atoms with Crippen molar-refractivity contribution in [3.8, 4) is 5.75 Å². The van der Waals surface area contributed by atoms with Gasteiger partial charge in [-0.2, -0.15) is 0 Å². The molecule has 6 heteroatoms. The Morgan fingerprint density at radius 2 is 2.24 bits per heavy atom. The maximum Gasteiger partial charge on any atom is 0.319 e. The number of urea groups is 1. The van der Waals surface area contributed by atoms with Crippen LogP contribution in [0.4, 0.5) is 10.5 Å². The van der Waals surface area contributed by atoms with Crippen molar-refractivity contribution in [2.75, 3.05) is 18.5 Å². The lowest BCUT2D eigenvalue weighted by atomic mass is 9.97. The number of rotatable bonds is 6. The summed E-state index contributed by atoms with van der Waals surface area (Å²) >= 11 is 5.93. The van der Waals surface area contributed by atoms with Crippen LogP contribution in [0.3, 0.4) is 0 Å². The van der Waals surface area contributed by atoms with E-state index in [1.165, 1.54) is 0 Å². The smallest absolute Gasteiger partial charge is 0.319 e. The van der Waals surface area contributed by atoms with Gasteiger partial charge >= 0.3 is 6.03 Å². The van der Waals surface area contributed by atoms with Crippen LogP contribution in [0.1, 0.15) is 26.7 Å². The van der Waals surface area contributed by atoms with Crippen LogP contribution in [0.15, 0.2) is 18.2 Å². The molecule has 1 fully saturated rings. The van der Waals surface area contributed by atoms with Gasteiger partial charge < -0.3 is 20.5 Å². The lowest BCUT2D eigenvalue weighted by Gasteiger charge is -2.29. The number of ether oxygens (including phenoxy) is 1. The molecule has 1 aliphatic carbocycles. The lowest BCUT2D eigenvalue weighted by Crippen LogP contribution is -2.52. The number of nitrogens with one attached hydrogen (secondary N) is 2. The normalized spacial score (nSPS) is 17.0. The van der Waals surface area contributed by atoms with E-state index in [9.17, 15) is 9.90 Å². The standard InChI is InChI=1S/C15H21ClN2O3/c1-3-21-13-8-11(16)6-7-12(13)17-14(20)18-15(2,9-19)10-4-5-10/h6-8,10,19H,3-5,9H2,1-2H3,(H2,17,18,20). The molecule has 5 nitrogen and oxygen atoms in total. The van der Waals surface area contributed by atoms with Gasteiger partial charge in [-0.1, -0.05) is 11.6 Å². The van der Waals surface area contributed by atoms with E-state index in [4.69, 9.17) is 16.3 Å². The lowest BCUT2D eigenvalue weighted by molar-refractivity contribution is 0.159. The van der Waals surface area contributed by atoms with E-state index in [1.54, 1.807) is 18.2 Å². The molecule has 1 aromatic rings. The van der Waals surface area contributed by atoms with Crippen LogP contribution in [-0.2, 0) is 0 Å². The van der Waals surface area contributed by atoms with E-state index in [1.807, 2.05) is 13.8 Å². The number of hydrogen-bond acceptors (Lipinski definition) is 3. The Hall–Kier alpha value is -1.46.